The Kier molecular flexibility index (Phi) is 10.2. The summed E-state index contributed by atoms with van der Waals surface area (Å²) in [6.45, 7) is 15.9. The molecule has 0 radical (unpaired) electrons. The lowest BCUT2D eigenvalue weighted by molar-refractivity contribution is 0.0285. The monoisotopic (exact) mass is 456 g/mol. The van der Waals surface area contributed by atoms with Crippen LogP contribution < -0.4 is 10.6 Å². The maximum Gasteiger partial charge on any atom is 0.412 e. The second-order valence-electron chi connectivity index (χ2n) is 8.90. The molecule has 1 N–H and O–H groups in total. The number of nitrogens with one attached hydrogen (secondary N) is 1. The Morgan fingerprint density at radius 1 is 0.968 bits per heavy atom. The average Bonchev–Trinajstić information content (AvgIpc) is 2.58. The van der Waals surface area contributed by atoms with E-state index >= 15 is 0 Å². The van der Waals surface area contributed by atoms with E-state index in [-0.39, 0.29) is 6.54 Å². The Morgan fingerprint density at radius 3 is 2.00 bits per heavy atom. The molecule has 0 aliphatic carbocycles. The van der Waals surface area contributed by atoms with E-state index in [1.807, 2.05) is 40.7 Å². The molecule has 0 spiro atoms. The fraction of sp³-hybridized carbons (Fsp3) is 0.636. The number of hydrogen-bond donors (Lipinski definition) is 1. The topological polar surface area (TPSA) is 86.3 Å². The molecule has 0 unspecified atom stereocenters. The maximum atomic E-state index is 12.5. The summed E-state index contributed by atoms with van der Waals surface area (Å²) in [5, 5.41) is 3.58. The molecular weight excluding hydrogens is 419 g/mol. The zero-order chi connectivity index (χ0) is 23.8. The summed E-state index contributed by atoms with van der Waals surface area (Å²) < 4.78 is 22.4. The number of rotatable bonds is 8. The standard InChI is InChI=1S/C22H37N2O6P/c1-10-27-31(28-11-2)18-13-12-17(23-19(25)29-21(3,4)5)14-16(18)15-24(9)20(26)30-22(6,7)8/h12-14H,10-11,15H2,1-9H3,(H,23,25). The van der Waals surface area contributed by atoms with Gasteiger partial charge in [0.2, 0.25) is 8.38 Å². The predicted octanol–water partition coefficient (Wildman–Crippen LogP) is 5.41. The SMILES string of the molecule is CCOP(OCC)c1ccc(NC(=O)OC(C)(C)C)cc1CN(C)C(=O)OC(C)(C)C. The molecule has 0 atom stereocenters. The van der Waals surface area contributed by atoms with E-state index in [0.29, 0.717) is 18.9 Å². The van der Waals surface area contributed by atoms with Crippen molar-refractivity contribution in [1.82, 2.24) is 4.90 Å². The van der Waals surface area contributed by atoms with Crippen LogP contribution in [-0.2, 0) is 25.1 Å². The molecular formula is C22H37N2O6P. The lowest BCUT2D eigenvalue weighted by Gasteiger charge is -2.26. The Balaban J connectivity index is 3.20. The van der Waals surface area contributed by atoms with Gasteiger partial charge < -0.3 is 23.4 Å². The first-order chi connectivity index (χ1) is 14.3. The molecule has 31 heavy (non-hydrogen) atoms. The van der Waals surface area contributed by atoms with E-state index in [0.717, 1.165) is 10.9 Å². The van der Waals surface area contributed by atoms with Gasteiger partial charge in [0, 0.05) is 24.6 Å². The zero-order valence-corrected chi connectivity index (χ0v) is 21.1. The summed E-state index contributed by atoms with van der Waals surface area (Å²) >= 11 is 0. The first-order valence-electron chi connectivity index (χ1n) is 10.4. The number of carbonyl (C=O) groups excluding carboxylic acids is 2. The maximum absolute atomic E-state index is 12.5. The second kappa shape index (κ2) is 11.7. The van der Waals surface area contributed by atoms with E-state index in [1.54, 1.807) is 40.0 Å². The van der Waals surface area contributed by atoms with Crippen molar-refractivity contribution in [2.45, 2.75) is 73.1 Å². The Morgan fingerprint density at radius 2 is 1.52 bits per heavy atom. The van der Waals surface area contributed by atoms with Gasteiger partial charge in [0.15, 0.2) is 0 Å². The van der Waals surface area contributed by atoms with Crippen LogP contribution in [0.1, 0.15) is 61.0 Å². The van der Waals surface area contributed by atoms with Gasteiger partial charge in [-0.25, -0.2) is 9.59 Å². The lowest BCUT2D eigenvalue weighted by Crippen LogP contribution is -2.35. The summed E-state index contributed by atoms with van der Waals surface area (Å²) in [6, 6.07) is 5.42. The molecule has 0 saturated carbocycles. The molecule has 0 heterocycles. The summed E-state index contributed by atoms with van der Waals surface area (Å²) in [5.74, 6) is 0. The molecule has 1 aromatic carbocycles. The van der Waals surface area contributed by atoms with Crippen LogP contribution in [0.4, 0.5) is 15.3 Å². The molecule has 0 aliphatic rings. The first kappa shape index (κ1) is 27.1. The smallest absolute Gasteiger partial charge is 0.412 e. The molecule has 176 valence electrons. The third kappa shape index (κ3) is 10.3. The highest BCUT2D eigenvalue weighted by Crippen LogP contribution is 2.39. The van der Waals surface area contributed by atoms with Crippen molar-refractivity contribution in [3.8, 4) is 0 Å². The largest absolute Gasteiger partial charge is 0.444 e. The lowest BCUT2D eigenvalue weighted by atomic mass is 10.2. The third-order valence-corrected chi connectivity index (χ3v) is 5.34. The van der Waals surface area contributed by atoms with Crippen LogP contribution in [0.2, 0.25) is 0 Å². The molecule has 0 saturated heterocycles. The van der Waals surface area contributed by atoms with E-state index < -0.39 is 31.8 Å². The Labute approximate surface area is 187 Å². The molecule has 0 fully saturated rings. The van der Waals surface area contributed by atoms with Gasteiger partial charge in [-0.15, -0.1) is 0 Å². The highest BCUT2D eigenvalue weighted by atomic mass is 31.2. The highest BCUT2D eigenvalue weighted by Gasteiger charge is 2.24. The minimum absolute atomic E-state index is 0.257. The van der Waals surface area contributed by atoms with Gasteiger partial charge in [0.25, 0.3) is 0 Å². The summed E-state index contributed by atoms with van der Waals surface area (Å²) in [7, 11) is 0.331. The number of benzene rings is 1. The van der Waals surface area contributed by atoms with Crippen molar-refractivity contribution in [3.05, 3.63) is 23.8 Å². The zero-order valence-electron chi connectivity index (χ0n) is 20.2. The van der Waals surface area contributed by atoms with Crippen molar-refractivity contribution in [3.63, 3.8) is 0 Å². The van der Waals surface area contributed by atoms with Gasteiger partial charge >= 0.3 is 12.2 Å². The van der Waals surface area contributed by atoms with E-state index in [1.165, 1.54) is 4.90 Å². The van der Waals surface area contributed by atoms with Crippen molar-refractivity contribution < 1.29 is 28.1 Å². The first-order valence-corrected chi connectivity index (χ1v) is 11.6. The van der Waals surface area contributed by atoms with Gasteiger partial charge in [-0.3, -0.25) is 5.32 Å². The van der Waals surface area contributed by atoms with Crippen LogP contribution in [-0.4, -0.2) is 48.5 Å². The normalized spacial score (nSPS) is 11.9. The molecule has 1 aromatic rings. The van der Waals surface area contributed by atoms with Crippen molar-refractivity contribution in [2.24, 2.45) is 0 Å². The Hall–Kier alpha value is -1.89. The van der Waals surface area contributed by atoms with Crippen LogP contribution in [0.5, 0.6) is 0 Å². The van der Waals surface area contributed by atoms with Gasteiger partial charge in [-0.05, 0) is 79.2 Å². The average molecular weight is 457 g/mol. The molecule has 1 rings (SSSR count). The third-order valence-electron chi connectivity index (χ3n) is 3.53. The van der Waals surface area contributed by atoms with Crippen molar-refractivity contribution in [2.75, 3.05) is 25.6 Å². The van der Waals surface area contributed by atoms with E-state index in [9.17, 15) is 9.59 Å². The van der Waals surface area contributed by atoms with Gasteiger partial charge in [-0.2, -0.15) is 0 Å². The van der Waals surface area contributed by atoms with Crippen LogP contribution in [0, 0.1) is 0 Å². The highest BCUT2D eigenvalue weighted by molar-refractivity contribution is 7.56. The molecule has 0 aromatic heterocycles. The molecule has 9 heteroatoms. The number of ether oxygens (including phenoxy) is 2. The fourth-order valence-electron chi connectivity index (χ4n) is 2.46. The molecule has 0 bridgehead atoms. The minimum atomic E-state index is -1.33. The van der Waals surface area contributed by atoms with Gasteiger partial charge in [0.1, 0.15) is 11.2 Å². The Bertz CT molecular complexity index is 736. The van der Waals surface area contributed by atoms with Crippen LogP contribution >= 0.6 is 8.38 Å². The molecule has 8 nitrogen and oxygen atoms in total. The van der Waals surface area contributed by atoms with E-state index in [2.05, 4.69) is 5.32 Å². The quantitative estimate of drug-likeness (QED) is 0.527. The second-order valence-corrected chi connectivity index (χ2v) is 10.4. The number of carbonyl (C=O) groups is 2. The molecule has 2 amide bonds. The van der Waals surface area contributed by atoms with Crippen LogP contribution in [0.25, 0.3) is 0 Å². The summed E-state index contributed by atoms with van der Waals surface area (Å²) in [5.41, 5.74) is 0.128. The summed E-state index contributed by atoms with van der Waals surface area (Å²) in [4.78, 5) is 26.1. The number of nitrogens with zero attached hydrogens (tertiary/aromatic N) is 1. The summed E-state index contributed by atoms with van der Waals surface area (Å²) in [6.07, 6.45) is -0.996. The predicted molar refractivity (Wildman–Crippen MR) is 124 cm³/mol. The fourth-order valence-corrected chi connectivity index (χ4v) is 3.85. The molecule has 0 aliphatic heterocycles. The van der Waals surface area contributed by atoms with Gasteiger partial charge in [0.05, 0.1) is 13.2 Å². The van der Waals surface area contributed by atoms with Crippen LogP contribution in [0.3, 0.4) is 0 Å². The van der Waals surface area contributed by atoms with Gasteiger partial charge in [-0.1, -0.05) is 0 Å². The van der Waals surface area contributed by atoms with Crippen molar-refractivity contribution >= 4 is 31.6 Å². The van der Waals surface area contributed by atoms with Crippen LogP contribution in [0.15, 0.2) is 18.2 Å². The van der Waals surface area contributed by atoms with Crippen molar-refractivity contribution in [1.29, 1.82) is 0 Å². The number of amides is 2. The minimum Gasteiger partial charge on any atom is -0.444 e. The number of anilines is 1. The number of hydrogen-bond acceptors (Lipinski definition) is 6. The van der Waals surface area contributed by atoms with E-state index in [4.69, 9.17) is 18.5 Å².